The molecule has 3 rings (SSSR count). The van der Waals surface area contributed by atoms with Gasteiger partial charge in [-0.2, -0.15) is 10.3 Å². The Hall–Kier alpha value is -2.87. The molecule has 0 aliphatic carbocycles. The number of aromatic nitrogens is 5. The van der Waals surface area contributed by atoms with Crippen molar-refractivity contribution in [1.82, 2.24) is 30.7 Å². The minimum Gasteiger partial charge on any atom is -0.394 e. The Kier molecular flexibility index (Phi) is 4.53. The van der Waals surface area contributed by atoms with Gasteiger partial charge in [0, 0.05) is 18.6 Å². The number of pyridine rings is 2. The molecule has 0 saturated heterocycles. The first-order valence-electron chi connectivity index (χ1n) is 7.24. The molecule has 3 aromatic rings. The summed E-state index contributed by atoms with van der Waals surface area (Å²) in [7, 11) is 0. The van der Waals surface area contributed by atoms with Crippen LogP contribution in [0.2, 0.25) is 0 Å². The topological polar surface area (TPSA) is 117 Å². The molecule has 1 atom stereocenters. The Bertz CT molecular complexity index is 789. The van der Waals surface area contributed by atoms with Crippen LogP contribution in [0, 0.1) is 0 Å². The van der Waals surface area contributed by atoms with Crippen LogP contribution in [0.4, 0.5) is 0 Å². The fourth-order valence-corrected chi connectivity index (χ4v) is 2.30. The minimum atomic E-state index is -0.342. The maximum Gasteiger partial charge on any atom is 0.254 e. The lowest BCUT2D eigenvalue weighted by Crippen LogP contribution is -2.38. The molecule has 0 aliphatic rings. The van der Waals surface area contributed by atoms with Crippen molar-refractivity contribution in [3.8, 4) is 0 Å². The van der Waals surface area contributed by atoms with Gasteiger partial charge in [0.15, 0.2) is 0 Å². The van der Waals surface area contributed by atoms with Crippen molar-refractivity contribution in [2.45, 2.75) is 18.9 Å². The van der Waals surface area contributed by atoms with Crippen molar-refractivity contribution in [3.05, 3.63) is 47.9 Å². The number of aromatic amines is 1. The summed E-state index contributed by atoms with van der Waals surface area (Å²) >= 11 is 0. The van der Waals surface area contributed by atoms with E-state index in [0.717, 1.165) is 12.0 Å². The van der Waals surface area contributed by atoms with Crippen molar-refractivity contribution in [2.75, 3.05) is 6.61 Å². The first kappa shape index (κ1) is 15.0. The zero-order valence-corrected chi connectivity index (χ0v) is 12.3. The van der Waals surface area contributed by atoms with E-state index in [0.29, 0.717) is 23.1 Å². The van der Waals surface area contributed by atoms with Crippen molar-refractivity contribution < 1.29 is 9.90 Å². The number of H-pyrrole nitrogens is 1. The molecule has 0 aromatic carbocycles. The van der Waals surface area contributed by atoms with Gasteiger partial charge < -0.3 is 10.4 Å². The highest BCUT2D eigenvalue weighted by Gasteiger charge is 2.17. The Labute approximate surface area is 132 Å². The molecule has 0 fully saturated rings. The lowest BCUT2D eigenvalue weighted by atomic mass is 10.1. The third-order valence-corrected chi connectivity index (χ3v) is 3.55. The Morgan fingerprint density at radius 2 is 2.04 bits per heavy atom. The molecular formula is C15H16N6O2. The van der Waals surface area contributed by atoms with Gasteiger partial charge in [0.05, 0.1) is 18.2 Å². The van der Waals surface area contributed by atoms with Gasteiger partial charge in [-0.1, -0.05) is 0 Å². The molecule has 0 aliphatic heterocycles. The Morgan fingerprint density at radius 3 is 2.83 bits per heavy atom. The van der Waals surface area contributed by atoms with Gasteiger partial charge in [-0.15, -0.1) is 5.10 Å². The predicted molar refractivity (Wildman–Crippen MR) is 82.6 cm³/mol. The molecule has 1 unspecified atom stereocenters. The highest BCUT2D eigenvalue weighted by molar-refractivity contribution is 6.03. The van der Waals surface area contributed by atoms with Crippen molar-refractivity contribution >= 4 is 17.1 Å². The molecule has 23 heavy (non-hydrogen) atoms. The summed E-state index contributed by atoms with van der Waals surface area (Å²) < 4.78 is 0. The van der Waals surface area contributed by atoms with Gasteiger partial charge in [0.25, 0.3) is 5.91 Å². The summed E-state index contributed by atoms with van der Waals surface area (Å²) in [5.41, 5.74) is 2.28. The average Bonchev–Trinajstić information content (AvgIpc) is 3.08. The summed E-state index contributed by atoms with van der Waals surface area (Å²) in [6, 6.07) is 5.07. The highest BCUT2D eigenvalue weighted by atomic mass is 16.3. The van der Waals surface area contributed by atoms with Gasteiger partial charge in [-0.25, -0.2) is 4.98 Å². The van der Waals surface area contributed by atoms with Gasteiger partial charge in [-0.05, 0) is 36.6 Å². The SMILES string of the molecule is O=C(NC(CO)CCc1ccncc1)c1ccnc2n[nH]nc12. The molecule has 3 aromatic heterocycles. The van der Waals surface area contributed by atoms with E-state index in [4.69, 9.17) is 0 Å². The van der Waals surface area contributed by atoms with Gasteiger partial charge in [0.2, 0.25) is 5.65 Å². The molecule has 3 N–H and O–H groups in total. The van der Waals surface area contributed by atoms with Crippen LogP contribution in [0.15, 0.2) is 36.8 Å². The van der Waals surface area contributed by atoms with Crippen LogP contribution in [0.25, 0.3) is 11.2 Å². The molecule has 8 nitrogen and oxygen atoms in total. The Balaban J connectivity index is 1.66. The van der Waals surface area contributed by atoms with Gasteiger partial charge in [0.1, 0.15) is 5.52 Å². The maximum atomic E-state index is 12.4. The number of hydrogen-bond donors (Lipinski definition) is 3. The second-order valence-electron chi connectivity index (χ2n) is 5.10. The van der Waals surface area contributed by atoms with Crippen LogP contribution in [-0.4, -0.2) is 49.0 Å². The summed E-state index contributed by atoms with van der Waals surface area (Å²) in [6.45, 7) is -0.135. The number of fused-ring (bicyclic) bond motifs is 1. The zero-order valence-electron chi connectivity index (χ0n) is 12.3. The molecule has 118 valence electrons. The van der Waals surface area contributed by atoms with E-state index in [-0.39, 0.29) is 18.6 Å². The summed E-state index contributed by atoms with van der Waals surface area (Å²) in [5, 5.41) is 22.6. The van der Waals surface area contributed by atoms with E-state index < -0.39 is 0 Å². The average molecular weight is 312 g/mol. The fourth-order valence-electron chi connectivity index (χ4n) is 2.30. The lowest BCUT2D eigenvalue weighted by Gasteiger charge is -2.16. The molecule has 0 radical (unpaired) electrons. The van der Waals surface area contributed by atoms with E-state index >= 15 is 0 Å². The second-order valence-corrected chi connectivity index (χ2v) is 5.10. The summed E-state index contributed by atoms with van der Waals surface area (Å²) in [5.74, 6) is -0.305. The van der Waals surface area contributed by atoms with Crippen LogP contribution in [0.3, 0.4) is 0 Å². The summed E-state index contributed by atoms with van der Waals surface area (Å²) in [4.78, 5) is 20.4. The standard InChI is InChI=1S/C15H16N6O2/c22-9-11(2-1-10-3-6-16-7-4-10)18-15(23)12-5-8-17-14-13(12)19-21-20-14/h3-8,11,22H,1-2,9H2,(H,18,23)(H,17,19,20,21). The number of nitrogens with one attached hydrogen (secondary N) is 2. The predicted octanol–water partition coefficient (Wildman–Crippen LogP) is 0.471. The van der Waals surface area contributed by atoms with Gasteiger partial charge >= 0.3 is 0 Å². The van der Waals surface area contributed by atoms with Crippen LogP contribution >= 0.6 is 0 Å². The number of carbonyl (C=O) groups is 1. The number of nitrogens with zero attached hydrogens (tertiary/aromatic N) is 4. The summed E-state index contributed by atoms with van der Waals surface area (Å²) in [6.07, 6.45) is 6.31. The third kappa shape index (κ3) is 3.49. The van der Waals surface area contributed by atoms with E-state index in [1.165, 1.54) is 6.20 Å². The molecule has 8 heteroatoms. The van der Waals surface area contributed by atoms with Crippen LogP contribution in [-0.2, 0) is 6.42 Å². The quantitative estimate of drug-likeness (QED) is 0.609. The van der Waals surface area contributed by atoms with Crippen LogP contribution < -0.4 is 5.32 Å². The number of hydrogen-bond acceptors (Lipinski definition) is 6. The number of aryl methyl sites for hydroxylation is 1. The first-order valence-corrected chi connectivity index (χ1v) is 7.24. The maximum absolute atomic E-state index is 12.4. The second kappa shape index (κ2) is 6.93. The highest BCUT2D eigenvalue weighted by Crippen LogP contribution is 2.11. The minimum absolute atomic E-state index is 0.135. The smallest absolute Gasteiger partial charge is 0.254 e. The van der Waals surface area contributed by atoms with Gasteiger partial charge in [-0.3, -0.25) is 9.78 Å². The number of aliphatic hydroxyl groups is 1. The number of rotatable bonds is 6. The largest absolute Gasteiger partial charge is 0.394 e. The van der Waals surface area contributed by atoms with E-state index in [1.54, 1.807) is 18.5 Å². The normalized spacial score (nSPS) is 12.2. The molecular weight excluding hydrogens is 296 g/mol. The monoisotopic (exact) mass is 312 g/mol. The van der Waals surface area contributed by atoms with E-state index in [2.05, 4.69) is 30.7 Å². The molecule has 3 heterocycles. The lowest BCUT2D eigenvalue weighted by molar-refractivity contribution is 0.0914. The number of carbonyl (C=O) groups excluding carboxylic acids is 1. The van der Waals surface area contributed by atoms with Crippen LogP contribution in [0.5, 0.6) is 0 Å². The molecule has 0 bridgehead atoms. The number of amides is 1. The Morgan fingerprint density at radius 1 is 1.22 bits per heavy atom. The van der Waals surface area contributed by atoms with Crippen molar-refractivity contribution in [2.24, 2.45) is 0 Å². The first-order chi connectivity index (χ1) is 11.3. The molecule has 0 spiro atoms. The van der Waals surface area contributed by atoms with Crippen LogP contribution in [0.1, 0.15) is 22.3 Å². The fraction of sp³-hybridized carbons (Fsp3) is 0.267. The molecule has 1 amide bonds. The number of aliphatic hydroxyl groups excluding tert-OH is 1. The third-order valence-electron chi connectivity index (χ3n) is 3.55. The zero-order chi connectivity index (χ0) is 16.1. The van der Waals surface area contributed by atoms with Crippen molar-refractivity contribution in [3.63, 3.8) is 0 Å². The van der Waals surface area contributed by atoms with Crippen molar-refractivity contribution in [1.29, 1.82) is 0 Å². The van der Waals surface area contributed by atoms with E-state index in [1.807, 2.05) is 12.1 Å². The van der Waals surface area contributed by atoms with E-state index in [9.17, 15) is 9.90 Å². The molecule has 0 saturated carbocycles.